The smallest absolute Gasteiger partial charge is 0.383 e. The third kappa shape index (κ3) is 3.00. The van der Waals surface area contributed by atoms with E-state index in [0.717, 1.165) is 12.1 Å². The van der Waals surface area contributed by atoms with Crippen LogP contribution in [0.5, 0.6) is 0 Å². The van der Waals surface area contributed by atoms with Gasteiger partial charge < -0.3 is 5.73 Å². The van der Waals surface area contributed by atoms with Gasteiger partial charge in [-0.05, 0) is 47.7 Å². The van der Waals surface area contributed by atoms with Crippen LogP contribution < -0.4 is 5.73 Å². The Morgan fingerprint density at radius 1 is 1.15 bits per heavy atom. The van der Waals surface area contributed by atoms with Gasteiger partial charge >= 0.3 is 6.18 Å². The van der Waals surface area contributed by atoms with Crippen molar-refractivity contribution in [2.24, 2.45) is 0 Å². The second-order valence-electron chi connectivity index (χ2n) is 4.06. The van der Waals surface area contributed by atoms with Crippen molar-refractivity contribution in [3.8, 4) is 11.4 Å². The first-order valence-electron chi connectivity index (χ1n) is 5.36. The SMILES string of the molecule is Cc1nc(-c2cc(F)cc(C(F)(F)F)c2)nc(N)c1I. The molecule has 20 heavy (non-hydrogen) atoms. The van der Waals surface area contributed by atoms with Crippen LogP contribution in [0.2, 0.25) is 0 Å². The molecule has 2 aromatic rings. The van der Waals surface area contributed by atoms with Crippen molar-refractivity contribution in [2.75, 3.05) is 5.73 Å². The molecule has 0 atom stereocenters. The van der Waals surface area contributed by atoms with E-state index in [1.54, 1.807) is 6.92 Å². The standard InChI is InChI=1S/C12H8F4IN3/c1-5-9(17)10(18)20-11(19-5)6-2-7(12(14,15)16)4-8(13)3-6/h2-4H,1H3,(H2,18,19,20). The van der Waals surface area contributed by atoms with Crippen molar-refractivity contribution in [1.82, 2.24) is 9.97 Å². The van der Waals surface area contributed by atoms with Crippen molar-refractivity contribution < 1.29 is 17.6 Å². The molecule has 8 heteroatoms. The molecular formula is C12H8F4IN3. The molecule has 2 N–H and O–H groups in total. The Morgan fingerprint density at radius 2 is 1.80 bits per heavy atom. The molecule has 1 heterocycles. The fourth-order valence-electron chi connectivity index (χ4n) is 1.59. The summed E-state index contributed by atoms with van der Waals surface area (Å²) in [5.41, 5.74) is 5.01. The lowest BCUT2D eigenvalue weighted by Crippen LogP contribution is -2.07. The Labute approximate surface area is 125 Å². The molecule has 0 aliphatic rings. The number of nitrogens with zero attached hydrogens (tertiary/aromatic N) is 2. The third-order valence-electron chi connectivity index (χ3n) is 2.53. The number of rotatable bonds is 1. The van der Waals surface area contributed by atoms with Crippen molar-refractivity contribution in [2.45, 2.75) is 13.1 Å². The van der Waals surface area contributed by atoms with Gasteiger partial charge in [0.15, 0.2) is 5.82 Å². The van der Waals surface area contributed by atoms with E-state index in [1.165, 1.54) is 0 Å². The third-order valence-corrected chi connectivity index (χ3v) is 3.86. The van der Waals surface area contributed by atoms with Crippen molar-refractivity contribution in [1.29, 1.82) is 0 Å². The molecule has 0 radical (unpaired) electrons. The molecule has 3 nitrogen and oxygen atoms in total. The summed E-state index contributed by atoms with van der Waals surface area (Å²) in [5.74, 6) is -0.899. The van der Waals surface area contributed by atoms with Gasteiger partial charge in [0.1, 0.15) is 11.6 Å². The zero-order chi connectivity index (χ0) is 15.1. The number of aromatic nitrogens is 2. The number of halogens is 5. The fraction of sp³-hybridized carbons (Fsp3) is 0.167. The van der Waals surface area contributed by atoms with E-state index in [2.05, 4.69) is 9.97 Å². The number of nitrogens with two attached hydrogens (primary N) is 1. The van der Waals surface area contributed by atoms with E-state index in [9.17, 15) is 17.6 Å². The zero-order valence-corrected chi connectivity index (χ0v) is 12.3. The molecule has 0 saturated heterocycles. The highest BCUT2D eigenvalue weighted by atomic mass is 127. The summed E-state index contributed by atoms with van der Waals surface area (Å²) in [6, 6.07) is 2.16. The molecule has 0 aliphatic carbocycles. The summed E-state index contributed by atoms with van der Waals surface area (Å²) < 4.78 is 51.9. The van der Waals surface area contributed by atoms with Crippen LogP contribution in [0.1, 0.15) is 11.3 Å². The molecule has 106 valence electrons. The van der Waals surface area contributed by atoms with Crippen molar-refractivity contribution in [3.05, 3.63) is 38.8 Å². The second-order valence-corrected chi connectivity index (χ2v) is 5.14. The minimum Gasteiger partial charge on any atom is -0.383 e. The van der Waals surface area contributed by atoms with Gasteiger partial charge in [0, 0.05) is 5.56 Å². The molecule has 1 aromatic carbocycles. The molecule has 0 amide bonds. The number of hydrogen-bond donors (Lipinski definition) is 1. The van der Waals surface area contributed by atoms with Crippen LogP contribution >= 0.6 is 22.6 Å². The molecule has 0 spiro atoms. The number of benzene rings is 1. The predicted octanol–water partition coefficient (Wildman–Crippen LogP) is 3.80. The monoisotopic (exact) mass is 397 g/mol. The first-order valence-corrected chi connectivity index (χ1v) is 6.44. The number of anilines is 1. The molecule has 0 saturated carbocycles. The van der Waals surface area contributed by atoms with E-state index in [0.29, 0.717) is 15.3 Å². The fourth-order valence-corrected chi connectivity index (χ4v) is 1.83. The van der Waals surface area contributed by atoms with E-state index in [1.807, 2.05) is 22.6 Å². The summed E-state index contributed by atoms with van der Waals surface area (Å²) in [6.07, 6.45) is -4.64. The maximum Gasteiger partial charge on any atom is 0.416 e. The van der Waals surface area contributed by atoms with Gasteiger partial charge in [0.2, 0.25) is 0 Å². The topological polar surface area (TPSA) is 51.8 Å². The van der Waals surface area contributed by atoms with Crippen molar-refractivity contribution >= 4 is 28.4 Å². The van der Waals surface area contributed by atoms with Crippen LogP contribution in [0.15, 0.2) is 18.2 Å². The van der Waals surface area contributed by atoms with E-state index in [4.69, 9.17) is 5.73 Å². The van der Waals surface area contributed by atoms with Crippen LogP contribution in [0.3, 0.4) is 0 Å². The number of nitrogen functional groups attached to an aromatic ring is 1. The molecule has 0 unspecified atom stereocenters. The van der Waals surface area contributed by atoms with Gasteiger partial charge in [0.05, 0.1) is 14.8 Å². The van der Waals surface area contributed by atoms with Gasteiger partial charge in [-0.1, -0.05) is 0 Å². The molecule has 0 aliphatic heterocycles. The maximum absolute atomic E-state index is 13.3. The normalized spacial score (nSPS) is 11.7. The van der Waals surface area contributed by atoms with Crippen LogP contribution in [-0.2, 0) is 6.18 Å². The zero-order valence-electron chi connectivity index (χ0n) is 10.1. The number of alkyl halides is 3. The molecule has 0 bridgehead atoms. The average molecular weight is 397 g/mol. The summed E-state index contributed by atoms with van der Waals surface area (Å²) in [4.78, 5) is 7.93. The maximum atomic E-state index is 13.3. The molecular weight excluding hydrogens is 389 g/mol. The summed E-state index contributed by atoms with van der Waals surface area (Å²) in [6.45, 7) is 1.65. The van der Waals surface area contributed by atoms with Gasteiger partial charge in [0.25, 0.3) is 0 Å². The lowest BCUT2D eigenvalue weighted by molar-refractivity contribution is -0.137. The van der Waals surface area contributed by atoms with Crippen LogP contribution in [0.25, 0.3) is 11.4 Å². The highest BCUT2D eigenvalue weighted by Gasteiger charge is 2.31. The van der Waals surface area contributed by atoms with Gasteiger partial charge in [-0.15, -0.1) is 0 Å². The lowest BCUT2D eigenvalue weighted by atomic mass is 10.1. The van der Waals surface area contributed by atoms with Crippen molar-refractivity contribution in [3.63, 3.8) is 0 Å². The minimum atomic E-state index is -4.64. The average Bonchev–Trinajstić information content (AvgIpc) is 2.33. The Bertz CT molecular complexity index is 647. The van der Waals surface area contributed by atoms with E-state index >= 15 is 0 Å². The highest BCUT2D eigenvalue weighted by molar-refractivity contribution is 14.1. The Hall–Kier alpha value is -1.45. The first-order chi connectivity index (χ1) is 9.18. The second kappa shape index (κ2) is 5.15. The number of hydrogen-bond acceptors (Lipinski definition) is 3. The van der Waals surface area contributed by atoms with E-state index < -0.39 is 17.6 Å². The lowest BCUT2D eigenvalue weighted by Gasteiger charge is -2.10. The van der Waals surface area contributed by atoms with Crippen LogP contribution in [-0.4, -0.2) is 9.97 Å². The highest BCUT2D eigenvalue weighted by Crippen LogP contribution is 2.32. The van der Waals surface area contributed by atoms with Crippen LogP contribution in [0.4, 0.5) is 23.4 Å². The van der Waals surface area contributed by atoms with Gasteiger partial charge in [-0.2, -0.15) is 13.2 Å². The summed E-state index contributed by atoms with van der Waals surface area (Å²) in [7, 11) is 0. The summed E-state index contributed by atoms with van der Waals surface area (Å²) >= 11 is 1.93. The Kier molecular flexibility index (Phi) is 3.85. The largest absolute Gasteiger partial charge is 0.416 e. The van der Waals surface area contributed by atoms with Gasteiger partial charge in [-0.25, -0.2) is 14.4 Å². The predicted molar refractivity (Wildman–Crippen MR) is 74.3 cm³/mol. The molecule has 2 rings (SSSR count). The Morgan fingerprint density at radius 3 is 2.35 bits per heavy atom. The van der Waals surface area contributed by atoms with Gasteiger partial charge in [-0.3, -0.25) is 0 Å². The number of aryl methyl sites for hydroxylation is 1. The van der Waals surface area contributed by atoms with Crippen LogP contribution in [0, 0.1) is 16.3 Å². The Balaban J connectivity index is 2.61. The first kappa shape index (κ1) is 14.9. The minimum absolute atomic E-state index is 0.0367. The quantitative estimate of drug-likeness (QED) is 0.589. The molecule has 1 aromatic heterocycles. The summed E-state index contributed by atoms with van der Waals surface area (Å²) in [5, 5.41) is 0. The van der Waals surface area contributed by atoms with E-state index in [-0.39, 0.29) is 17.2 Å². The molecule has 0 fully saturated rings.